The van der Waals surface area contributed by atoms with Crippen LogP contribution in [-0.2, 0) is 23.2 Å². The molecule has 0 amide bonds. The number of hydrogen-bond acceptors (Lipinski definition) is 4. The highest BCUT2D eigenvalue weighted by Crippen LogP contribution is 2.11. The predicted octanol–water partition coefficient (Wildman–Crippen LogP) is 1.38. The van der Waals surface area contributed by atoms with Gasteiger partial charge >= 0.3 is 0 Å². The Bertz CT molecular complexity index is 454. The fourth-order valence-corrected chi connectivity index (χ4v) is 3.11. The standard InChI is InChI=1S/C10H19N3O2S2/c1-5-9-7-16-10(12-9)6-11-17(14,15)13(4)8(2)3/h7-8,11H,5-6H2,1-4H3. The van der Waals surface area contributed by atoms with Gasteiger partial charge in [0.25, 0.3) is 10.2 Å². The predicted molar refractivity (Wildman–Crippen MR) is 70.2 cm³/mol. The number of nitrogens with zero attached hydrogens (tertiary/aromatic N) is 2. The Morgan fingerprint density at radius 2 is 2.18 bits per heavy atom. The van der Waals surface area contributed by atoms with Crippen LogP contribution in [0.25, 0.3) is 0 Å². The van der Waals surface area contributed by atoms with Gasteiger partial charge in [-0.1, -0.05) is 6.92 Å². The minimum atomic E-state index is -3.41. The zero-order valence-corrected chi connectivity index (χ0v) is 12.2. The first-order valence-electron chi connectivity index (χ1n) is 5.52. The van der Waals surface area contributed by atoms with Crippen LogP contribution in [0.3, 0.4) is 0 Å². The van der Waals surface area contributed by atoms with Crippen LogP contribution in [0.2, 0.25) is 0 Å². The van der Waals surface area contributed by atoms with Crippen molar-refractivity contribution >= 4 is 21.5 Å². The number of aryl methyl sites for hydroxylation is 1. The molecule has 0 saturated carbocycles. The zero-order valence-electron chi connectivity index (χ0n) is 10.6. The SMILES string of the molecule is CCc1csc(CNS(=O)(=O)N(C)C(C)C)n1. The summed E-state index contributed by atoms with van der Waals surface area (Å²) in [7, 11) is -1.84. The molecular formula is C10H19N3O2S2. The third-order valence-corrected chi connectivity index (χ3v) is 5.06. The molecule has 1 heterocycles. The molecule has 5 nitrogen and oxygen atoms in total. The normalized spacial score (nSPS) is 12.6. The Kier molecular flexibility index (Phi) is 5.05. The summed E-state index contributed by atoms with van der Waals surface area (Å²) in [5, 5.41) is 2.75. The molecule has 0 fully saturated rings. The molecule has 0 aromatic carbocycles. The van der Waals surface area contributed by atoms with Gasteiger partial charge in [-0.25, -0.2) is 4.98 Å². The molecule has 0 saturated heterocycles. The van der Waals surface area contributed by atoms with Crippen LogP contribution >= 0.6 is 11.3 Å². The summed E-state index contributed by atoms with van der Waals surface area (Å²) in [4.78, 5) is 4.31. The molecule has 0 bridgehead atoms. The average molecular weight is 277 g/mol. The van der Waals surface area contributed by atoms with Gasteiger partial charge < -0.3 is 0 Å². The van der Waals surface area contributed by atoms with Crippen molar-refractivity contribution < 1.29 is 8.42 Å². The van der Waals surface area contributed by atoms with Crippen molar-refractivity contribution in [3.63, 3.8) is 0 Å². The van der Waals surface area contributed by atoms with E-state index in [1.54, 1.807) is 7.05 Å². The fraction of sp³-hybridized carbons (Fsp3) is 0.700. The molecule has 1 N–H and O–H groups in total. The quantitative estimate of drug-likeness (QED) is 0.854. The van der Waals surface area contributed by atoms with E-state index in [0.717, 1.165) is 17.1 Å². The van der Waals surface area contributed by atoms with Gasteiger partial charge in [-0.2, -0.15) is 17.4 Å². The Balaban J connectivity index is 2.61. The van der Waals surface area contributed by atoms with Gasteiger partial charge in [0, 0.05) is 18.5 Å². The maximum Gasteiger partial charge on any atom is 0.279 e. The summed E-state index contributed by atoms with van der Waals surface area (Å²) in [6, 6.07) is -0.0602. The maximum atomic E-state index is 11.8. The monoisotopic (exact) mass is 277 g/mol. The van der Waals surface area contributed by atoms with E-state index in [2.05, 4.69) is 9.71 Å². The van der Waals surface area contributed by atoms with Crippen molar-refractivity contribution in [3.05, 3.63) is 16.1 Å². The van der Waals surface area contributed by atoms with Crippen LogP contribution < -0.4 is 4.72 Å². The zero-order chi connectivity index (χ0) is 13.1. The smallest absolute Gasteiger partial charge is 0.245 e. The Morgan fingerprint density at radius 1 is 1.53 bits per heavy atom. The van der Waals surface area contributed by atoms with Crippen molar-refractivity contribution in [1.29, 1.82) is 0 Å². The molecule has 0 aliphatic carbocycles. The van der Waals surface area contributed by atoms with Crippen LogP contribution in [0.1, 0.15) is 31.5 Å². The fourth-order valence-electron chi connectivity index (χ4n) is 1.12. The van der Waals surface area contributed by atoms with Crippen molar-refractivity contribution in [3.8, 4) is 0 Å². The summed E-state index contributed by atoms with van der Waals surface area (Å²) >= 11 is 1.48. The van der Waals surface area contributed by atoms with Crippen LogP contribution in [0, 0.1) is 0 Å². The van der Waals surface area contributed by atoms with E-state index >= 15 is 0 Å². The van der Waals surface area contributed by atoms with Gasteiger partial charge in [0.15, 0.2) is 0 Å². The Labute approximate surface area is 107 Å². The maximum absolute atomic E-state index is 11.8. The van der Waals surface area contributed by atoms with Gasteiger partial charge in [0.1, 0.15) is 5.01 Å². The summed E-state index contributed by atoms with van der Waals surface area (Å²) in [5.74, 6) is 0. The Hall–Kier alpha value is -0.500. The average Bonchev–Trinajstić information content (AvgIpc) is 2.73. The van der Waals surface area contributed by atoms with Crippen molar-refractivity contribution in [2.45, 2.75) is 39.8 Å². The second-order valence-corrected chi connectivity index (χ2v) is 6.78. The molecule has 0 radical (unpaired) electrons. The van der Waals surface area contributed by atoms with Gasteiger partial charge in [-0.05, 0) is 20.3 Å². The molecular weight excluding hydrogens is 258 g/mol. The lowest BCUT2D eigenvalue weighted by Gasteiger charge is -2.20. The molecule has 0 unspecified atom stereocenters. The first kappa shape index (κ1) is 14.6. The first-order valence-corrected chi connectivity index (χ1v) is 7.84. The third kappa shape index (κ3) is 4.02. The molecule has 0 spiro atoms. The van der Waals surface area contributed by atoms with E-state index in [4.69, 9.17) is 0 Å². The molecule has 0 atom stereocenters. The van der Waals surface area contributed by atoms with Gasteiger partial charge in [-0.15, -0.1) is 11.3 Å². The van der Waals surface area contributed by atoms with E-state index in [9.17, 15) is 8.42 Å². The van der Waals surface area contributed by atoms with Crippen LogP contribution in [0.5, 0.6) is 0 Å². The van der Waals surface area contributed by atoms with Crippen molar-refractivity contribution in [2.24, 2.45) is 0 Å². The summed E-state index contributed by atoms with van der Waals surface area (Å²) in [6.07, 6.45) is 0.870. The molecule has 98 valence electrons. The minimum Gasteiger partial charge on any atom is -0.245 e. The second kappa shape index (κ2) is 5.90. The van der Waals surface area contributed by atoms with Gasteiger partial charge in [-0.3, -0.25) is 0 Å². The lowest BCUT2D eigenvalue weighted by atomic mass is 10.4. The molecule has 1 aromatic rings. The van der Waals surface area contributed by atoms with Gasteiger partial charge in [0.2, 0.25) is 0 Å². The lowest BCUT2D eigenvalue weighted by molar-refractivity contribution is 0.402. The van der Waals surface area contributed by atoms with Gasteiger partial charge in [0.05, 0.1) is 12.2 Å². The number of hydrogen-bond donors (Lipinski definition) is 1. The highest BCUT2D eigenvalue weighted by Gasteiger charge is 2.20. The highest BCUT2D eigenvalue weighted by atomic mass is 32.2. The van der Waals surface area contributed by atoms with Crippen LogP contribution in [-0.4, -0.2) is 30.8 Å². The topological polar surface area (TPSA) is 62.3 Å². The number of rotatable bonds is 6. The molecule has 1 rings (SSSR count). The first-order chi connectivity index (χ1) is 7.86. The molecule has 7 heteroatoms. The van der Waals surface area contributed by atoms with E-state index < -0.39 is 10.2 Å². The van der Waals surface area contributed by atoms with E-state index in [1.165, 1.54) is 15.6 Å². The largest absolute Gasteiger partial charge is 0.279 e. The Morgan fingerprint density at radius 3 is 2.65 bits per heavy atom. The third-order valence-electron chi connectivity index (χ3n) is 2.47. The molecule has 0 aliphatic rings. The molecule has 17 heavy (non-hydrogen) atoms. The van der Waals surface area contributed by atoms with Crippen molar-refractivity contribution in [2.75, 3.05) is 7.05 Å². The number of nitrogens with one attached hydrogen (secondary N) is 1. The summed E-state index contributed by atoms with van der Waals surface area (Å²) in [6.45, 7) is 5.94. The van der Waals surface area contributed by atoms with E-state index in [-0.39, 0.29) is 12.6 Å². The number of thiazole rings is 1. The molecule has 1 aromatic heterocycles. The molecule has 0 aliphatic heterocycles. The second-order valence-electron chi connectivity index (χ2n) is 4.02. The lowest BCUT2D eigenvalue weighted by Crippen LogP contribution is -2.41. The van der Waals surface area contributed by atoms with Crippen LogP contribution in [0.4, 0.5) is 0 Å². The minimum absolute atomic E-state index is 0.0602. The van der Waals surface area contributed by atoms with E-state index in [1.807, 2.05) is 26.2 Å². The van der Waals surface area contributed by atoms with Crippen molar-refractivity contribution in [1.82, 2.24) is 14.0 Å². The van der Waals surface area contributed by atoms with E-state index in [0.29, 0.717) is 0 Å². The van der Waals surface area contributed by atoms with Crippen LogP contribution in [0.15, 0.2) is 5.38 Å². The highest BCUT2D eigenvalue weighted by molar-refractivity contribution is 7.87. The number of aromatic nitrogens is 1. The summed E-state index contributed by atoms with van der Waals surface area (Å²) in [5.41, 5.74) is 1.00. The summed E-state index contributed by atoms with van der Waals surface area (Å²) < 4.78 is 27.5.